The highest BCUT2D eigenvalue weighted by molar-refractivity contribution is 6.11. The normalized spacial score (nSPS) is 43.0. The summed E-state index contributed by atoms with van der Waals surface area (Å²) in [6.45, 7) is 0. The van der Waals surface area contributed by atoms with Crippen LogP contribution in [-0.2, 0) is 4.74 Å². The van der Waals surface area contributed by atoms with Crippen LogP contribution in [0, 0.1) is 0 Å². The zero-order chi connectivity index (χ0) is 6.85. The molecule has 0 spiro atoms. The van der Waals surface area contributed by atoms with Crippen LogP contribution in [0.1, 0.15) is 6.42 Å². The third-order valence-electron chi connectivity index (χ3n) is 1.33. The van der Waals surface area contributed by atoms with Gasteiger partial charge in [0, 0.05) is 6.00 Å². The molecule has 1 fully saturated rings. The van der Waals surface area contributed by atoms with Crippen molar-refractivity contribution in [2.45, 2.75) is 24.6 Å². The van der Waals surface area contributed by atoms with Crippen molar-refractivity contribution in [3.8, 4) is 0 Å². The zero-order valence-corrected chi connectivity index (χ0v) is 4.90. The Morgan fingerprint density at radius 1 is 1.78 bits per heavy atom. The molecule has 3 nitrogen and oxygen atoms in total. The minimum Gasteiger partial charge on any atom is -0.390 e. The minimum absolute atomic E-state index is 0.391. The second kappa shape index (κ2) is 2.50. The molecule has 1 rings (SSSR count). The highest BCUT2D eigenvalue weighted by Gasteiger charge is 2.32. The Morgan fingerprint density at radius 3 is 2.67 bits per heavy atom. The molecule has 0 aromatic heterocycles. The SMILES string of the molecule is [B][C@H]1C[C@@H](O)[C@@H](C=[OH+])O1. The molecule has 0 aromatic rings. The van der Waals surface area contributed by atoms with Gasteiger partial charge in [-0.15, -0.1) is 0 Å². The summed E-state index contributed by atoms with van der Waals surface area (Å²) in [7, 11) is 5.28. The van der Waals surface area contributed by atoms with E-state index in [-0.39, 0.29) is 0 Å². The van der Waals surface area contributed by atoms with Gasteiger partial charge in [0.05, 0.1) is 6.10 Å². The van der Waals surface area contributed by atoms with E-state index in [4.69, 9.17) is 22.5 Å². The number of aliphatic hydroxyl groups is 1. The number of carbonyl (C=O) groups excluding carboxylic acids is 1. The van der Waals surface area contributed by atoms with Gasteiger partial charge in [0.1, 0.15) is 7.85 Å². The molecular formula is C5H8BO3+. The summed E-state index contributed by atoms with van der Waals surface area (Å²) in [5.74, 6) is 0. The molecule has 1 heterocycles. The predicted molar refractivity (Wildman–Crippen MR) is 33.0 cm³/mol. The Kier molecular flexibility index (Phi) is 1.88. The van der Waals surface area contributed by atoms with E-state index < -0.39 is 18.2 Å². The average molecular weight is 127 g/mol. The number of aliphatic hydroxyl groups excluding tert-OH is 1. The van der Waals surface area contributed by atoms with Crippen molar-refractivity contribution in [1.29, 1.82) is 0 Å². The van der Waals surface area contributed by atoms with Crippen LogP contribution in [0.4, 0.5) is 0 Å². The van der Waals surface area contributed by atoms with E-state index in [1.165, 1.54) is 0 Å². The van der Waals surface area contributed by atoms with E-state index in [9.17, 15) is 0 Å². The molecule has 0 bridgehead atoms. The quantitative estimate of drug-likeness (QED) is 0.273. The highest BCUT2D eigenvalue weighted by Crippen LogP contribution is 2.15. The average Bonchev–Trinajstić information content (AvgIpc) is 2.10. The molecule has 0 unspecified atom stereocenters. The van der Waals surface area contributed by atoms with Crippen molar-refractivity contribution in [1.82, 2.24) is 0 Å². The monoisotopic (exact) mass is 127 g/mol. The van der Waals surface area contributed by atoms with E-state index in [1.54, 1.807) is 0 Å². The highest BCUT2D eigenvalue weighted by atomic mass is 16.5. The Hall–Kier alpha value is -0.345. The van der Waals surface area contributed by atoms with E-state index in [1.807, 2.05) is 0 Å². The maximum absolute atomic E-state index is 8.96. The molecule has 1 aliphatic rings. The van der Waals surface area contributed by atoms with Crippen LogP contribution in [0.5, 0.6) is 0 Å². The van der Waals surface area contributed by atoms with E-state index in [2.05, 4.69) is 0 Å². The van der Waals surface area contributed by atoms with Crippen LogP contribution in [-0.4, -0.2) is 42.2 Å². The number of aldehydes is 1. The zero-order valence-electron chi connectivity index (χ0n) is 4.90. The van der Waals surface area contributed by atoms with Gasteiger partial charge in [-0.05, 0) is 6.42 Å². The molecular weight excluding hydrogens is 119 g/mol. The fraction of sp³-hybridized carbons (Fsp3) is 0.800. The largest absolute Gasteiger partial charge is 0.390 e. The lowest BCUT2D eigenvalue weighted by Crippen LogP contribution is -2.21. The first-order valence-corrected chi connectivity index (χ1v) is 2.80. The Bertz CT molecular complexity index is 117. The summed E-state index contributed by atoms with van der Waals surface area (Å²) in [5, 5.41) is 8.96. The topological polar surface area (TPSA) is 50.9 Å². The fourth-order valence-electron chi connectivity index (χ4n) is 0.855. The molecule has 1 aliphatic heterocycles. The van der Waals surface area contributed by atoms with Crippen LogP contribution in [0.15, 0.2) is 0 Å². The van der Waals surface area contributed by atoms with Crippen LogP contribution in [0.3, 0.4) is 0 Å². The molecule has 2 radical (unpaired) electrons. The predicted octanol–water partition coefficient (Wildman–Crippen LogP) is -1.19. The third kappa shape index (κ3) is 1.31. The number of rotatable bonds is 1. The standard InChI is InChI=1S/C5H7BO3/c6-5-1-3(8)4(2-7)9-5/h2-5,8H,1H2/p+1/t3-,4-,5-/m1/s1. The Morgan fingerprint density at radius 2 is 2.44 bits per heavy atom. The lowest BCUT2D eigenvalue weighted by molar-refractivity contribution is 0.0769. The van der Waals surface area contributed by atoms with E-state index in [0.29, 0.717) is 6.42 Å². The fourth-order valence-corrected chi connectivity index (χ4v) is 0.855. The lowest BCUT2D eigenvalue weighted by atomic mass is 9.96. The molecule has 1 saturated heterocycles. The molecule has 0 aromatic carbocycles. The first-order chi connectivity index (χ1) is 4.24. The summed E-state index contributed by atoms with van der Waals surface area (Å²) in [5.41, 5.74) is 0. The van der Waals surface area contributed by atoms with Gasteiger partial charge in [-0.3, -0.25) is 4.79 Å². The summed E-state index contributed by atoms with van der Waals surface area (Å²) in [6.07, 6.45) is -0.0378. The summed E-state index contributed by atoms with van der Waals surface area (Å²) in [6, 6.07) is -0.437. The van der Waals surface area contributed by atoms with Crippen LogP contribution in [0.2, 0.25) is 0 Å². The molecule has 4 heteroatoms. The number of hydrogen-bond acceptors (Lipinski definition) is 2. The Labute approximate surface area is 54.4 Å². The summed E-state index contributed by atoms with van der Waals surface area (Å²) >= 11 is 0. The van der Waals surface area contributed by atoms with Crippen LogP contribution < -0.4 is 0 Å². The summed E-state index contributed by atoms with van der Waals surface area (Å²) in [4.78, 5) is 8.39. The van der Waals surface area contributed by atoms with Crippen molar-refractivity contribution in [2.75, 3.05) is 0 Å². The van der Waals surface area contributed by atoms with Gasteiger partial charge in [-0.2, -0.15) is 0 Å². The first kappa shape index (κ1) is 6.77. The van der Waals surface area contributed by atoms with Crippen molar-refractivity contribution in [3.05, 3.63) is 0 Å². The molecule has 0 aliphatic carbocycles. The van der Waals surface area contributed by atoms with Crippen molar-refractivity contribution < 1.29 is 14.6 Å². The molecule has 3 atom stereocenters. The molecule has 48 valence electrons. The first-order valence-electron chi connectivity index (χ1n) is 2.80. The van der Waals surface area contributed by atoms with Gasteiger partial charge in [-0.1, -0.05) is 0 Å². The minimum atomic E-state index is -0.648. The maximum Gasteiger partial charge on any atom is 0.313 e. The van der Waals surface area contributed by atoms with Gasteiger partial charge >= 0.3 is 6.29 Å². The van der Waals surface area contributed by atoms with Crippen molar-refractivity contribution in [2.24, 2.45) is 0 Å². The molecule has 2 N–H and O–H groups in total. The van der Waals surface area contributed by atoms with Crippen LogP contribution in [0.25, 0.3) is 0 Å². The van der Waals surface area contributed by atoms with Crippen LogP contribution >= 0.6 is 0 Å². The number of hydrogen-bond donors (Lipinski definition) is 1. The molecule has 9 heavy (non-hydrogen) atoms. The van der Waals surface area contributed by atoms with Gasteiger partial charge in [0.2, 0.25) is 0 Å². The maximum atomic E-state index is 8.96. The second-order valence-corrected chi connectivity index (χ2v) is 2.09. The van der Waals surface area contributed by atoms with E-state index in [0.717, 1.165) is 6.29 Å². The van der Waals surface area contributed by atoms with Gasteiger partial charge in [-0.25, -0.2) is 0 Å². The second-order valence-electron chi connectivity index (χ2n) is 2.09. The molecule has 0 saturated carbocycles. The molecule has 0 amide bonds. The number of ether oxygens (including phenoxy) is 1. The summed E-state index contributed by atoms with van der Waals surface area (Å²) < 4.78 is 4.84. The lowest BCUT2D eigenvalue weighted by Gasteiger charge is -2.00. The van der Waals surface area contributed by atoms with Crippen molar-refractivity contribution in [3.63, 3.8) is 0 Å². The van der Waals surface area contributed by atoms with Gasteiger partial charge in [0.25, 0.3) is 0 Å². The Balaban J connectivity index is 2.47. The van der Waals surface area contributed by atoms with Crippen molar-refractivity contribution >= 4 is 14.1 Å². The van der Waals surface area contributed by atoms with Gasteiger partial charge in [0.15, 0.2) is 6.10 Å². The third-order valence-corrected chi connectivity index (χ3v) is 1.33. The van der Waals surface area contributed by atoms with Gasteiger partial charge < -0.3 is 9.84 Å². The van der Waals surface area contributed by atoms with E-state index >= 15 is 0 Å². The smallest absolute Gasteiger partial charge is 0.313 e.